The molecule has 4 bridgehead atoms. The van der Waals surface area contributed by atoms with Gasteiger partial charge in [-0.1, -0.05) is 52.0 Å². The van der Waals surface area contributed by atoms with Crippen molar-refractivity contribution in [2.24, 2.45) is 16.7 Å². The van der Waals surface area contributed by atoms with Crippen LogP contribution in [0.5, 0.6) is 5.88 Å². The molecule has 2 aliphatic rings. The van der Waals surface area contributed by atoms with E-state index >= 15 is 0 Å². The number of anilines is 1. The minimum absolute atomic E-state index is 0.0422. The van der Waals surface area contributed by atoms with Crippen molar-refractivity contribution in [1.82, 2.24) is 20.2 Å². The molecule has 2 aromatic carbocycles. The van der Waals surface area contributed by atoms with E-state index in [0.29, 0.717) is 30.2 Å². The van der Waals surface area contributed by atoms with Gasteiger partial charge in [-0.25, -0.2) is 18.1 Å². The van der Waals surface area contributed by atoms with Crippen molar-refractivity contribution in [2.45, 2.75) is 72.1 Å². The van der Waals surface area contributed by atoms with Gasteiger partial charge in [-0.15, -0.1) is 0 Å². The molecule has 242 valence electrons. The number of aryl methyl sites for hydroxylation is 2. The zero-order chi connectivity index (χ0) is 32.4. The maximum atomic E-state index is 13.4. The third-order valence-corrected chi connectivity index (χ3v) is 10.4. The number of piperidine rings is 1. The molecule has 1 fully saturated rings. The van der Waals surface area contributed by atoms with E-state index in [1.807, 2.05) is 32.0 Å². The Kier molecular flexibility index (Phi) is 9.56. The van der Waals surface area contributed by atoms with Crippen LogP contribution in [0, 0.1) is 30.6 Å². The summed E-state index contributed by atoms with van der Waals surface area (Å²) >= 11 is 0. The molecule has 10 heteroatoms. The van der Waals surface area contributed by atoms with Gasteiger partial charge in [-0.2, -0.15) is 4.98 Å². The highest BCUT2D eigenvalue weighted by atomic mass is 32.2. The molecular formula is C35H47N5O4S. The fraction of sp³-hybridized carbons (Fsp3) is 0.514. The largest absolute Gasteiger partial charge is 0.477 e. The average molecular weight is 634 g/mol. The summed E-state index contributed by atoms with van der Waals surface area (Å²) < 4.78 is 35.7. The van der Waals surface area contributed by atoms with Gasteiger partial charge in [0, 0.05) is 29.2 Å². The van der Waals surface area contributed by atoms with Gasteiger partial charge < -0.3 is 15.0 Å². The molecule has 5 rings (SSSR count). The first kappa shape index (κ1) is 32.9. The molecule has 0 aliphatic carbocycles. The van der Waals surface area contributed by atoms with Gasteiger partial charge in [0.2, 0.25) is 11.8 Å². The number of hydrogen-bond donors (Lipinski definition) is 2. The lowest BCUT2D eigenvalue weighted by atomic mass is 9.78. The van der Waals surface area contributed by atoms with Crippen LogP contribution in [0.3, 0.4) is 0 Å². The normalized spacial score (nSPS) is 19.1. The van der Waals surface area contributed by atoms with Crippen LogP contribution in [-0.2, 0) is 10.0 Å². The monoisotopic (exact) mass is 633 g/mol. The van der Waals surface area contributed by atoms with Gasteiger partial charge in [0.1, 0.15) is 0 Å². The second-order valence-corrected chi connectivity index (χ2v) is 16.0. The van der Waals surface area contributed by atoms with Gasteiger partial charge in [-0.05, 0) is 99.8 Å². The zero-order valence-corrected chi connectivity index (χ0v) is 28.3. The van der Waals surface area contributed by atoms with Crippen LogP contribution in [0.4, 0.5) is 5.95 Å². The van der Waals surface area contributed by atoms with E-state index in [9.17, 15) is 13.2 Å². The van der Waals surface area contributed by atoms with Crippen molar-refractivity contribution >= 4 is 21.9 Å². The summed E-state index contributed by atoms with van der Waals surface area (Å²) in [5.74, 6) is 0.554. The number of nitrogens with one attached hydrogen (secondary N) is 2. The van der Waals surface area contributed by atoms with Crippen LogP contribution >= 0.6 is 0 Å². The number of carbonyl (C=O) groups is 1. The molecule has 2 aliphatic heterocycles. The number of aromatic nitrogens is 2. The van der Waals surface area contributed by atoms with Crippen molar-refractivity contribution in [3.05, 3.63) is 65.2 Å². The minimum atomic E-state index is -4.08. The highest BCUT2D eigenvalue weighted by Crippen LogP contribution is 2.35. The fourth-order valence-electron chi connectivity index (χ4n) is 6.65. The standard InChI is InChI=1S/C35H47N5O4S/c1-24(21-34(4,5)6)13-16-40-17-14-35(15-18-40)22-36-32(41)27-11-8-12-28(19-27)45(42,43)39-33-37-29(20-30(38-33)44-23-35)31-25(2)9-7-10-26(31)3/h7-12,19-20,24H,13-18,21-23H2,1-6H3,(H,36,41)(H,37,38,39). The van der Waals surface area contributed by atoms with E-state index in [-0.39, 0.29) is 33.6 Å². The Labute approximate surface area is 268 Å². The minimum Gasteiger partial charge on any atom is -0.477 e. The summed E-state index contributed by atoms with van der Waals surface area (Å²) in [5.41, 5.74) is 3.80. The lowest BCUT2D eigenvalue weighted by Gasteiger charge is -2.42. The van der Waals surface area contributed by atoms with Crippen LogP contribution < -0.4 is 14.8 Å². The number of sulfonamides is 1. The van der Waals surface area contributed by atoms with Crippen molar-refractivity contribution in [3.8, 4) is 17.1 Å². The van der Waals surface area contributed by atoms with Crippen LogP contribution in [0.2, 0.25) is 0 Å². The Morgan fingerprint density at radius 3 is 2.40 bits per heavy atom. The Hall–Kier alpha value is -3.50. The van der Waals surface area contributed by atoms with Crippen molar-refractivity contribution in [3.63, 3.8) is 0 Å². The quantitative estimate of drug-likeness (QED) is 0.343. The summed E-state index contributed by atoms with van der Waals surface area (Å²) in [6.07, 6.45) is 4.08. The summed E-state index contributed by atoms with van der Waals surface area (Å²) in [6.45, 7) is 16.9. The molecule has 3 aromatic rings. The van der Waals surface area contributed by atoms with Crippen molar-refractivity contribution < 1.29 is 17.9 Å². The predicted octanol–water partition coefficient (Wildman–Crippen LogP) is 6.23. The van der Waals surface area contributed by atoms with E-state index in [4.69, 9.17) is 4.74 Å². The van der Waals surface area contributed by atoms with E-state index in [0.717, 1.165) is 55.6 Å². The highest BCUT2D eigenvalue weighted by Gasteiger charge is 2.37. The number of carbonyl (C=O) groups excluding carboxylic acids is 1. The number of nitrogens with zero attached hydrogens (tertiary/aromatic N) is 3. The molecule has 0 radical (unpaired) electrons. The van der Waals surface area contributed by atoms with Crippen LogP contribution in [0.25, 0.3) is 11.3 Å². The maximum absolute atomic E-state index is 13.4. The zero-order valence-electron chi connectivity index (χ0n) is 27.4. The molecule has 9 nitrogen and oxygen atoms in total. The van der Waals surface area contributed by atoms with E-state index < -0.39 is 10.0 Å². The van der Waals surface area contributed by atoms with Gasteiger partial charge in [0.15, 0.2) is 0 Å². The lowest BCUT2D eigenvalue weighted by Crippen LogP contribution is -2.49. The second-order valence-electron chi connectivity index (χ2n) is 14.3. The number of rotatable bonds is 5. The second kappa shape index (κ2) is 13.1. The third-order valence-electron chi connectivity index (χ3n) is 9.04. The lowest BCUT2D eigenvalue weighted by molar-refractivity contribution is 0.0475. The maximum Gasteiger partial charge on any atom is 0.264 e. The first-order valence-corrected chi connectivity index (χ1v) is 17.4. The topological polar surface area (TPSA) is 114 Å². The van der Waals surface area contributed by atoms with Crippen LogP contribution in [0.1, 0.15) is 74.9 Å². The van der Waals surface area contributed by atoms with E-state index in [1.54, 1.807) is 18.2 Å². The summed E-state index contributed by atoms with van der Waals surface area (Å²) in [5, 5.41) is 3.10. The van der Waals surface area contributed by atoms with Crippen LogP contribution in [-0.4, -0.2) is 62.0 Å². The van der Waals surface area contributed by atoms with Gasteiger partial charge >= 0.3 is 0 Å². The number of amides is 1. The Bertz CT molecular complexity index is 1620. The van der Waals surface area contributed by atoms with Gasteiger partial charge in [-0.3, -0.25) is 4.79 Å². The van der Waals surface area contributed by atoms with E-state index in [2.05, 4.69) is 52.6 Å². The molecule has 1 atom stereocenters. The number of ether oxygens (including phenoxy) is 1. The number of benzene rings is 2. The third kappa shape index (κ3) is 8.21. The smallest absolute Gasteiger partial charge is 0.264 e. The van der Waals surface area contributed by atoms with Crippen molar-refractivity contribution in [1.29, 1.82) is 0 Å². The van der Waals surface area contributed by atoms with Gasteiger partial charge in [0.25, 0.3) is 15.9 Å². The SMILES string of the molecule is Cc1cccc(C)c1-c1cc2nc(n1)NS(=O)(=O)c1cccc(c1)C(=O)NCC1(CCN(CCC(C)CC(C)(C)C)CC1)CO2. The Morgan fingerprint density at radius 2 is 1.71 bits per heavy atom. The predicted molar refractivity (Wildman–Crippen MR) is 178 cm³/mol. The Balaban J connectivity index is 1.45. The summed E-state index contributed by atoms with van der Waals surface area (Å²) in [4.78, 5) is 24.9. The summed E-state index contributed by atoms with van der Waals surface area (Å²) in [7, 11) is -4.08. The number of fused-ring (bicyclic) bond motifs is 4. The first-order valence-electron chi connectivity index (χ1n) is 15.9. The van der Waals surface area contributed by atoms with Crippen molar-refractivity contribution in [2.75, 3.05) is 37.5 Å². The number of hydrogen-bond acceptors (Lipinski definition) is 7. The molecule has 1 unspecified atom stereocenters. The molecular weight excluding hydrogens is 586 g/mol. The average Bonchev–Trinajstić information content (AvgIpc) is 2.97. The molecule has 1 spiro atoms. The highest BCUT2D eigenvalue weighted by molar-refractivity contribution is 7.92. The Morgan fingerprint density at radius 1 is 1.02 bits per heavy atom. The van der Waals surface area contributed by atoms with Gasteiger partial charge in [0.05, 0.1) is 17.2 Å². The fourth-order valence-corrected chi connectivity index (χ4v) is 7.63. The molecule has 3 heterocycles. The number of likely N-dealkylation sites (tertiary alicyclic amines) is 1. The molecule has 1 saturated heterocycles. The molecule has 1 aromatic heterocycles. The first-order chi connectivity index (χ1) is 21.2. The van der Waals surface area contributed by atoms with Crippen LogP contribution in [0.15, 0.2) is 53.4 Å². The molecule has 2 N–H and O–H groups in total. The molecule has 45 heavy (non-hydrogen) atoms. The molecule has 1 amide bonds. The molecule has 0 saturated carbocycles. The van der Waals surface area contributed by atoms with E-state index in [1.165, 1.54) is 18.6 Å². The summed E-state index contributed by atoms with van der Waals surface area (Å²) in [6, 6.07) is 13.8.